The van der Waals surface area contributed by atoms with Crippen LogP contribution in [-0.2, 0) is 7.05 Å². The van der Waals surface area contributed by atoms with E-state index in [1.54, 1.807) is 11.8 Å². The third kappa shape index (κ3) is 3.43. The van der Waals surface area contributed by atoms with E-state index in [9.17, 15) is 0 Å². The predicted octanol–water partition coefficient (Wildman–Crippen LogP) is 0.742. The van der Waals surface area contributed by atoms with Gasteiger partial charge in [-0.25, -0.2) is 0 Å². The molecule has 1 aromatic heterocycles. The van der Waals surface area contributed by atoms with Gasteiger partial charge in [0.1, 0.15) is 11.7 Å². The maximum atomic E-state index is 8.33. The van der Waals surface area contributed by atoms with Crippen LogP contribution in [0.4, 0.5) is 0 Å². The van der Waals surface area contributed by atoms with Gasteiger partial charge in [-0.3, -0.25) is 0 Å². The molecule has 1 aromatic rings. The molecule has 0 amide bonds. The molecule has 0 aliphatic heterocycles. The Hall–Kier alpha value is -1.24. The molecule has 0 radical (unpaired) electrons. The Kier molecular flexibility index (Phi) is 4.41. The number of thioether (sulfide) groups is 1. The molecule has 0 atom stereocenters. The predicted molar refractivity (Wildman–Crippen MR) is 59.1 cm³/mol. The highest BCUT2D eigenvalue weighted by Crippen LogP contribution is 2.16. The minimum absolute atomic E-state index is 0.268. The van der Waals surface area contributed by atoms with Crippen LogP contribution < -0.4 is 5.73 Å². The fraction of sp³-hybridized carbons (Fsp3) is 0.625. The molecule has 15 heavy (non-hydrogen) atoms. The average molecular weight is 229 g/mol. The van der Waals surface area contributed by atoms with Crippen molar-refractivity contribution in [2.75, 3.05) is 5.75 Å². The quantitative estimate of drug-likeness (QED) is 0.194. The van der Waals surface area contributed by atoms with E-state index < -0.39 is 0 Å². The number of aryl methyl sites for hydroxylation is 1. The largest absolute Gasteiger partial charge is 0.409 e. The second kappa shape index (κ2) is 5.59. The van der Waals surface area contributed by atoms with Crippen molar-refractivity contribution in [2.24, 2.45) is 17.9 Å². The first kappa shape index (κ1) is 11.8. The standard InChI is InChI=1S/C8H15N5OS/c1-6-10-11-8(13(6)2)15-5-3-4-7(9)12-14/h14H,3-5H2,1-2H3,(H2,9,12). The van der Waals surface area contributed by atoms with Gasteiger partial charge in [0.25, 0.3) is 0 Å². The van der Waals surface area contributed by atoms with E-state index in [4.69, 9.17) is 10.9 Å². The lowest BCUT2D eigenvalue weighted by atomic mass is 10.3. The van der Waals surface area contributed by atoms with Gasteiger partial charge in [0, 0.05) is 19.2 Å². The summed E-state index contributed by atoms with van der Waals surface area (Å²) in [4.78, 5) is 0. The van der Waals surface area contributed by atoms with E-state index in [0.717, 1.165) is 23.2 Å². The summed E-state index contributed by atoms with van der Waals surface area (Å²) in [7, 11) is 1.93. The molecule has 1 heterocycles. The molecular weight excluding hydrogens is 214 g/mol. The monoisotopic (exact) mass is 229 g/mol. The van der Waals surface area contributed by atoms with Crippen molar-refractivity contribution in [2.45, 2.75) is 24.9 Å². The minimum Gasteiger partial charge on any atom is -0.409 e. The fourth-order valence-corrected chi connectivity index (χ4v) is 1.88. The summed E-state index contributed by atoms with van der Waals surface area (Å²) in [6.07, 6.45) is 1.45. The normalized spacial score (nSPS) is 12.0. The molecule has 1 rings (SSSR count). The highest BCUT2D eigenvalue weighted by Gasteiger charge is 2.04. The molecule has 0 aliphatic rings. The summed E-state index contributed by atoms with van der Waals surface area (Å²) >= 11 is 1.62. The van der Waals surface area contributed by atoms with Crippen molar-refractivity contribution in [3.05, 3.63) is 5.82 Å². The maximum absolute atomic E-state index is 8.33. The maximum Gasteiger partial charge on any atom is 0.190 e. The van der Waals surface area contributed by atoms with E-state index in [0.29, 0.717) is 6.42 Å². The van der Waals surface area contributed by atoms with Gasteiger partial charge >= 0.3 is 0 Å². The minimum atomic E-state index is 0.268. The number of rotatable bonds is 5. The Labute approximate surface area is 92.6 Å². The topological polar surface area (TPSA) is 89.3 Å². The van der Waals surface area contributed by atoms with Gasteiger partial charge in [0.2, 0.25) is 0 Å². The summed E-state index contributed by atoms with van der Waals surface area (Å²) in [6.45, 7) is 1.91. The van der Waals surface area contributed by atoms with Crippen molar-refractivity contribution in [1.29, 1.82) is 0 Å². The van der Waals surface area contributed by atoms with E-state index >= 15 is 0 Å². The van der Waals surface area contributed by atoms with E-state index in [2.05, 4.69) is 15.4 Å². The van der Waals surface area contributed by atoms with Crippen LogP contribution in [0.1, 0.15) is 18.7 Å². The lowest BCUT2D eigenvalue weighted by Gasteiger charge is -2.00. The first-order chi connectivity index (χ1) is 7.15. The molecule has 0 bridgehead atoms. The molecule has 0 saturated carbocycles. The van der Waals surface area contributed by atoms with Crippen LogP contribution in [0, 0.1) is 6.92 Å². The van der Waals surface area contributed by atoms with Gasteiger partial charge in [0.15, 0.2) is 5.16 Å². The molecule has 0 spiro atoms. The van der Waals surface area contributed by atoms with E-state index in [-0.39, 0.29) is 5.84 Å². The van der Waals surface area contributed by atoms with Crippen LogP contribution in [0.25, 0.3) is 0 Å². The number of nitrogens with zero attached hydrogens (tertiary/aromatic N) is 4. The summed E-state index contributed by atoms with van der Waals surface area (Å²) in [5.74, 6) is 2.04. The van der Waals surface area contributed by atoms with Gasteiger partial charge in [-0.05, 0) is 13.3 Å². The number of hydrogen-bond acceptors (Lipinski definition) is 5. The third-order valence-electron chi connectivity index (χ3n) is 1.99. The second-order valence-corrected chi connectivity index (χ2v) is 4.19. The molecule has 6 nitrogen and oxygen atoms in total. The zero-order chi connectivity index (χ0) is 11.3. The van der Waals surface area contributed by atoms with Crippen molar-refractivity contribution in [3.8, 4) is 0 Å². The second-order valence-electron chi connectivity index (χ2n) is 3.13. The Morgan fingerprint density at radius 3 is 2.87 bits per heavy atom. The first-order valence-electron chi connectivity index (χ1n) is 4.60. The number of aromatic nitrogens is 3. The highest BCUT2D eigenvalue weighted by atomic mass is 32.2. The molecule has 0 saturated heterocycles. The van der Waals surface area contributed by atoms with Gasteiger partial charge < -0.3 is 15.5 Å². The Bertz CT molecular complexity index is 349. The first-order valence-corrected chi connectivity index (χ1v) is 5.59. The van der Waals surface area contributed by atoms with Crippen molar-refractivity contribution < 1.29 is 5.21 Å². The number of amidine groups is 1. The summed E-state index contributed by atoms with van der Waals surface area (Å²) in [5.41, 5.74) is 5.34. The summed E-state index contributed by atoms with van der Waals surface area (Å²) < 4.78 is 1.94. The zero-order valence-electron chi connectivity index (χ0n) is 8.84. The van der Waals surface area contributed by atoms with Gasteiger partial charge in [-0.1, -0.05) is 16.9 Å². The zero-order valence-corrected chi connectivity index (χ0v) is 9.66. The van der Waals surface area contributed by atoms with Crippen LogP contribution in [0.3, 0.4) is 0 Å². The van der Waals surface area contributed by atoms with Crippen molar-refractivity contribution in [1.82, 2.24) is 14.8 Å². The fourth-order valence-electron chi connectivity index (χ4n) is 0.980. The molecular formula is C8H15N5OS. The molecule has 0 fully saturated rings. The van der Waals surface area contributed by atoms with Crippen LogP contribution in [0.15, 0.2) is 10.3 Å². The number of nitrogens with two attached hydrogens (primary N) is 1. The van der Waals surface area contributed by atoms with Gasteiger partial charge in [-0.15, -0.1) is 10.2 Å². The Balaban J connectivity index is 2.29. The van der Waals surface area contributed by atoms with Crippen molar-refractivity contribution in [3.63, 3.8) is 0 Å². The SMILES string of the molecule is Cc1nnc(SCCCC(N)=NO)n1C. The molecule has 0 aromatic carbocycles. The van der Waals surface area contributed by atoms with Crippen LogP contribution in [-0.4, -0.2) is 31.6 Å². The van der Waals surface area contributed by atoms with Crippen LogP contribution in [0.2, 0.25) is 0 Å². The number of hydrogen-bond donors (Lipinski definition) is 2. The Morgan fingerprint density at radius 1 is 1.60 bits per heavy atom. The molecule has 0 unspecified atom stereocenters. The number of oxime groups is 1. The van der Waals surface area contributed by atoms with Crippen LogP contribution >= 0.6 is 11.8 Å². The molecule has 7 heteroatoms. The van der Waals surface area contributed by atoms with E-state index in [1.807, 2.05) is 18.5 Å². The highest BCUT2D eigenvalue weighted by molar-refractivity contribution is 7.99. The lowest BCUT2D eigenvalue weighted by molar-refractivity contribution is 0.317. The molecule has 84 valence electrons. The van der Waals surface area contributed by atoms with Crippen LogP contribution in [0.5, 0.6) is 0 Å². The van der Waals surface area contributed by atoms with Crippen molar-refractivity contribution >= 4 is 17.6 Å². The Morgan fingerprint density at radius 2 is 2.33 bits per heavy atom. The van der Waals surface area contributed by atoms with Gasteiger partial charge in [-0.2, -0.15) is 0 Å². The van der Waals surface area contributed by atoms with Gasteiger partial charge in [0.05, 0.1) is 0 Å². The molecule has 3 N–H and O–H groups in total. The molecule has 0 aliphatic carbocycles. The average Bonchev–Trinajstić information content (AvgIpc) is 2.55. The summed E-state index contributed by atoms with van der Waals surface area (Å²) in [5, 5.41) is 20.1. The summed E-state index contributed by atoms with van der Waals surface area (Å²) in [6, 6.07) is 0. The third-order valence-corrected chi connectivity index (χ3v) is 3.10. The smallest absolute Gasteiger partial charge is 0.190 e. The lowest BCUT2D eigenvalue weighted by Crippen LogP contribution is -2.11. The van der Waals surface area contributed by atoms with E-state index in [1.165, 1.54) is 0 Å².